The predicted molar refractivity (Wildman–Crippen MR) is 131 cm³/mol. The number of amides is 1. The van der Waals surface area contributed by atoms with Crippen LogP contribution < -0.4 is 15.8 Å². The van der Waals surface area contributed by atoms with Crippen LogP contribution in [0, 0.1) is 0 Å². The maximum Gasteiger partial charge on any atom is 0.326 e. The molecule has 0 radical (unpaired) electrons. The van der Waals surface area contributed by atoms with E-state index in [4.69, 9.17) is 10.5 Å². The van der Waals surface area contributed by atoms with E-state index in [0.717, 1.165) is 30.4 Å². The van der Waals surface area contributed by atoms with Gasteiger partial charge in [-0.3, -0.25) is 4.79 Å². The molecule has 3 aromatic carbocycles. The third-order valence-corrected chi connectivity index (χ3v) is 5.50. The Balaban J connectivity index is 1.51. The van der Waals surface area contributed by atoms with Gasteiger partial charge in [-0.2, -0.15) is 0 Å². The molecule has 0 aliphatic rings. The lowest BCUT2D eigenvalue weighted by atomic mass is 10.0. The van der Waals surface area contributed by atoms with Crippen LogP contribution in [0.5, 0.6) is 11.5 Å². The number of hydrogen-bond donors (Lipinski definition) is 4. The Morgan fingerprint density at radius 3 is 2.32 bits per heavy atom. The van der Waals surface area contributed by atoms with Crippen LogP contribution in [0.3, 0.4) is 0 Å². The number of benzene rings is 3. The molecule has 34 heavy (non-hydrogen) atoms. The predicted octanol–water partition coefficient (Wildman–Crippen LogP) is 4.19. The molecule has 0 aromatic heterocycles. The van der Waals surface area contributed by atoms with E-state index in [1.165, 1.54) is 0 Å². The molecule has 0 spiro atoms. The number of carboxylic acids is 1. The molecule has 0 bridgehead atoms. The van der Waals surface area contributed by atoms with Gasteiger partial charge in [0.2, 0.25) is 0 Å². The zero-order valence-corrected chi connectivity index (χ0v) is 18.9. The van der Waals surface area contributed by atoms with Crippen LogP contribution in [0.15, 0.2) is 72.8 Å². The number of carbonyl (C=O) groups is 2. The largest absolute Gasteiger partial charge is 0.508 e. The molecule has 7 heteroatoms. The number of aryl methyl sites for hydroxylation is 2. The van der Waals surface area contributed by atoms with Crippen LogP contribution in [-0.2, 0) is 17.6 Å². The smallest absolute Gasteiger partial charge is 0.326 e. The van der Waals surface area contributed by atoms with Gasteiger partial charge in [-0.1, -0.05) is 42.5 Å². The number of hydrogen-bond acceptors (Lipinski definition) is 5. The summed E-state index contributed by atoms with van der Waals surface area (Å²) in [6.07, 6.45) is 3.37. The number of nitrogens with one attached hydrogen (secondary N) is 1. The first-order chi connectivity index (χ1) is 16.4. The fourth-order valence-electron chi connectivity index (χ4n) is 3.53. The summed E-state index contributed by atoms with van der Waals surface area (Å²) in [5.41, 5.74) is 8.84. The molecule has 178 valence electrons. The van der Waals surface area contributed by atoms with E-state index in [9.17, 15) is 19.8 Å². The zero-order valence-electron chi connectivity index (χ0n) is 18.9. The Labute approximate surface area is 199 Å². The molecule has 0 aliphatic carbocycles. The molecular formula is C27H30N2O5. The lowest BCUT2D eigenvalue weighted by Gasteiger charge is -2.16. The van der Waals surface area contributed by atoms with Gasteiger partial charge < -0.3 is 26.0 Å². The molecule has 0 unspecified atom stereocenters. The third-order valence-electron chi connectivity index (χ3n) is 5.50. The molecule has 0 fully saturated rings. The first kappa shape index (κ1) is 24.6. The van der Waals surface area contributed by atoms with E-state index < -0.39 is 17.9 Å². The maximum atomic E-state index is 12.7. The van der Waals surface area contributed by atoms with Gasteiger partial charge in [-0.05, 0) is 73.6 Å². The number of phenolic OH excluding ortho intramolecular Hbond substituents is 1. The average Bonchev–Trinajstić information content (AvgIpc) is 2.84. The second-order valence-corrected chi connectivity index (χ2v) is 8.11. The van der Waals surface area contributed by atoms with E-state index in [1.807, 2.05) is 42.5 Å². The number of rotatable bonds is 12. The summed E-state index contributed by atoms with van der Waals surface area (Å²) in [6, 6.07) is 20.3. The van der Waals surface area contributed by atoms with Gasteiger partial charge in [0.25, 0.3) is 5.91 Å². The summed E-state index contributed by atoms with van der Waals surface area (Å²) in [5, 5.41) is 21.5. The zero-order chi connectivity index (χ0) is 24.3. The molecule has 5 N–H and O–H groups in total. The third kappa shape index (κ3) is 7.55. The van der Waals surface area contributed by atoms with Crippen molar-refractivity contribution in [2.75, 3.05) is 12.3 Å². The van der Waals surface area contributed by atoms with E-state index in [2.05, 4.69) is 5.32 Å². The molecule has 3 rings (SSSR count). The highest BCUT2D eigenvalue weighted by Crippen LogP contribution is 2.23. The van der Waals surface area contributed by atoms with Gasteiger partial charge in [0.1, 0.15) is 17.5 Å². The van der Waals surface area contributed by atoms with Crippen LogP contribution in [0.25, 0.3) is 0 Å². The van der Waals surface area contributed by atoms with Crippen molar-refractivity contribution in [3.05, 3.63) is 89.5 Å². The van der Waals surface area contributed by atoms with Gasteiger partial charge >= 0.3 is 5.97 Å². The van der Waals surface area contributed by atoms with Crippen molar-refractivity contribution in [1.29, 1.82) is 0 Å². The van der Waals surface area contributed by atoms with Crippen LogP contribution in [0.2, 0.25) is 0 Å². The van der Waals surface area contributed by atoms with Crippen LogP contribution in [0.1, 0.15) is 40.7 Å². The monoisotopic (exact) mass is 462 g/mol. The molecule has 0 aliphatic heterocycles. The van der Waals surface area contributed by atoms with Crippen molar-refractivity contribution in [3.63, 3.8) is 0 Å². The second kappa shape index (κ2) is 12.3. The Morgan fingerprint density at radius 2 is 1.62 bits per heavy atom. The molecule has 1 atom stereocenters. The summed E-state index contributed by atoms with van der Waals surface area (Å²) in [6.45, 7) is 0.433. The quantitative estimate of drug-likeness (QED) is 0.236. The lowest BCUT2D eigenvalue weighted by Crippen LogP contribution is -2.41. The summed E-state index contributed by atoms with van der Waals surface area (Å²) in [4.78, 5) is 24.4. The molecule has 0 saturated heterocycles. The Bertz CT molecular complexity index is 1080. The average molecular weight is 463 g/mol. The number of anilines is 1. The second-order valence-electron chi connectivity index (χ2n) is 8.11. The van der Waals surface area contributed by atoms with Crippen LogP contribution in [0.4, 0.5) is 5.69 Å². The van der Waals surface area contributed by atoms with Gasteiger partial charge in [0.05, 0.1) is 12.3 Å². The van der Waals surface area contributed by atoms with Crippen molar-refractivity contribution in [1.82, 2.24) is 5.32 Å². The minimum absolute atomic E-state index is 0.248. The molecule has 3 aromatic rings. The fraction of sp³-hybridized carbons (Fsp3) is 0.259. The van der Waals surface area contributed by atoms with E-state index in [0.29, 0.717) is 30.0 Å². The highest BCUT2D eigenvalue weighted by molar-refractivity contribution is 5.97. The number of unbranched alkanes of at least 4 members (excludes halogenated alkanes) is 1. The number of carboxylic acid groups (broad SMARTS) is 1. The molecular weight excluding hydrogens is 432 g/mol. The summed E-state index contributed by atoms with van der Waals surface area (Å²) in [5.74, 6) is -0.923. The van der Waals surface area contributed by atoms with Crippen molar-refractivity contribution in [3.8, 4) is 11.5 Å². The number of nitrogen functional groups attached to an aromatic ring is 1. The molecule has 7 nitrogen and oxygen atoms in total. The Hall–Kier alpha value is -4.00. The van der Waals surface area contributed by atoms with E-state index in [1.54, 1.807) is 30.3 Å². The number of nitrogens with two attached hydrogens (primary N) is 1. The van der Waals surface area contributed by atoms with Gasteiger partial charge in [0, 0.05) is 5.56 Å². The Morgan fingerprint density at radius 1 is 0.912 bits per heavy atom. The first-order valence-electron chi connectivity index (χ1n) is 11.3. The minimum Gasteiger partial charge on any atom is -0.508 e. The topological polar surface area (TPSA) is 122 Å². The van der Waals surface area contributed by atoms with E-state index in [-0.39, 0.29) is 12.2 Å². The molecule has 0 heterocycles. The number of carbonyl (C=O) groups excluding carboxylic acids is 1. The number of aromatic hydroxyl groups is 1. The summed E-state index contributed by atoms with van der Waals surface area (Å²) >= 11 is 0. The normalized spacial score (nSPS) is 11.5. The van der Waals surface area contributed by atoms with Crippen molar-refractivity contribution >= 4 is 17.6 Å². The highest BCUT2D eigenvalue weighted by Gasteiger charge is 2.21. The van der Waals surface area contributed by atoms with Gasteiger partial charge in [-0.15, -0.1) is 0 Å². The van der Waals surface area contributed by atoms with Gasteiger partial charge in [-0.25, -0.2) is 4.79 Å². The standard InChI is InChI=1S/C27H30N2O5/c28-23-15-12-21(18-25(23)34-17-5-4-8-20-9-13-22(30)14-10-20)26(31)29-24(27(32)33)16-11-19-6-2-1-3-7-19/h1-3,6-7,9-10,12-15,18,24,30H,4-5,8,11,16-17,28H2,(H,29,31)(H,32,33)/t24-/m0/s1. The van der Waals surface area contributed by atoms with Crippen molar-refractivity contribution < 1.29 is 24.5 Å². The van der Waals surface area contributed by atoms with E-state index >= 15 is 0 Å². The lowest BCUT2D eigenvalue weighted by molar-refractivity contribution is -0.139. The maximum absolute atomic E-state index is 12.7. The molecule has 0 saturated carbocycles. The van der Waals surface area contributed by atoms with Crippen LogP contribution >= 0.6 is 0 Å². The highest BCUT2D eigenvalue weighted by atomic mass is 16.5. The number of aliphatic carboxylic acids is 1. The van der Waals surface area contributed by atoms with Crippen molar-refractivity contribution in [2.24, 2.45) is 0 Å². The first-order valence-corrected chi connectivity index (χ1v) is 11.3. The fourth-order valence-corrected chi connectivity index (χ4v) is 3.53. The number of phenols is 1. The summed E-state index contributed by atoms with van der Waals surface area (Å²) in [7, 11) is 0. The number of ether oxygens (including phenoxy) is 1. The minimum atomic E-state index is -1.08. The Kier molecular flexibility index (Phi) is 8.91. The van der Waals surface area contributed by atoms with Gasteiger partial charge in [0.15, 0.2) is 0 Å². The van der Waals surface area contributed by atoms with Crippen molar-refractivity contribution in [2.45, 2.75) is 38.1 Å². The SMILES string of the molecule is Nc1ccc(C(=O)N[C@@H](CCc2ccccc2)C(=O)O)cc1OCCCCc1ccc(O)cc1. The van der Waals surface area contributed by atoms with Crippen LogP contribution in [-0.4, -0.2) is 34.7 Å². The summed E-state index contributed by atoms with van der Waals surface area (Å²) < 4.78 is 5.78. The molecule has 1 amide bonds.